The molecule has 5 rings (SSSR count). The van der Waals surface area contributed by atoms with Crippen LogP contribution in [0.15, 0.2) is 23.0 Å². The van der Waals surface area contributed by atoms with Gasteiger partial charge in [-0.2, -0.15) is 0 Å². The number of primary amides is 1. The summed E-state index contributed by atoms with van der Waals surface area (Å²) in [6.07, 6.45) is 2.36. The lowest BCUT2D eigenvalue weighted by atomic mass is 9.51. The standard InChI is InChI=1S/C34H47N3O7/c1-8-17(22-9-16(2)33(22,3)4)14-37(7)15-19-12-23(38)26-21(28(19)36(5)6)11-18-10-20-13-24(39)27(32(35)43)31(42)34(20,44)30(41)25(18)29(26)40/h12,16-18,20,22,38,40,42,44H,8-11,13-15H2,1-7H3,(H2,35,43)/t16?,17-,18?,20+,22?,34+/m1/s1. The van der Waals surface area contributed by atoms with Gasteiger partial charge in [0, 0.05) is 50.8 Å². The molecule has 44 heavy (non-hydrogen) atoms. The fourth-order valence-corrected chi connectivity index (χ4v) is 8.71. The third kappa shape index (κ3) is 4.64. The number of amides is 1. The number of anilines is 1. The SMILES string of the molecule is CC[C@H](CN(C)Cc1cc(O)c2c(c1N(C)C)CC1C[C@H]3CC(=O)C(C(N)=O)=C(O)[C@@]3(O)C(=O)C1=C2O)C1CC(C)C1(C)C. The van der Waals surface area contributed by atoms with Crippen LogP contribution in [-0.4, -0.2) is 76.1 Å². The van der Waals surface area contributed by atoms with E-state index in [0.717, 1.165) is 24.2 Å². The number of phenols is 1. The van der Waals surface area contributed by atoms with Crippen LogP contribution in [0.5, 0.6) is 5.75 Å². The van der Waals surface area contributed by atoms with E-state index in [9.17, 15) is 34.8 Å². The van der Waals surface area contributed by atoms with E-state index in [2.05, 4.69) is 39.6 Å². The number of nitrogens with zero attached hydrogens (tertiary/aromatic N) is 2. The van der Waals surface area contributed by atoms with Crippen LogP contribution in [0, 0.1) is 35.0 Å². The maximum absolute atomic E-state index is 13.8. The van der Waals surface area contributed by atoms with E-state index < -0.39 is 52.0 Å². The molecule has 0 aromatic heterocycles. The van der Waals surface area contributed by atoms with E-state index in [1.54, 1.807) is 6.07 Å². The summed E-state index contributed by atoms with van der Waals surface area (Å²) in [5.74, 6) is -4.34. The van der Waals surface area contributed by atoms with Gasteiger partial charge in [-0.25, -0.2) is 0 Å². The molecule has 4 aliphatic rings. The summed E-state index contributed by atoms with van der Waals surface area (Å²) in [6.45, 7) is 10.8. The Kier molecular flexibility index (Phi) is 7.94. The van der Waals surface area contributed by atoms with Crippen LogP contribution in [-0.2, 0) is 27.3 Å². The van der Waals surface area contributed by atoms with Crippen molar-refractivity contribution in [3.63, 3.8) is 0 Å². The predicted octanol–water partition coefficient (Wildman–Crippen LogP) is 3.63. The first kappa shape index (κ1) is 32.0. The molecule has 0 bridgehead atoms. The number of phenolic OH excluding ortho intramolecular Hbond substituents is 1. The lowest BCUT2D eigenvalue weighted by Crippen LogP contribution is -2.58. The fraction of sp³-hybridized carbons (Fsp3) is 0.618. The molecule has 4 aliphatic carbocycles. The van der Waals surface area contributed by atoms with Crippen LogP contribution in [0.1, 0.15) is 70.1 Å². The Hall–Kier alpha value is -3.37. The Bertz CT molecular complexity index is 1490. The van der Waals surface area contributed by atoms with Gasteiger partial charge in [0.25, 0.3) is 5.91 Å². The first-order valence-corrected chi connectivity index (χ1v) is 15.7. The summed E-state index contributed by atoms with van der Waals surface area (Å²) >= 11 is 0. The molecule has 1 aromatic carbocycles. The van der Waals surface area contributed by atoms with Crippen molar-refractivity contribution in [2.75, 3.05) is 32.6 Å². The van der Waals surface area contributed by atoms with Crippen molar-refractivity contribution < 1.29 is 34.8 Å². The molecule has 0 aliphatic heterocycles. The summed E-state index contributed by atoms with van der Waals surface area (Å²) in [5.41, 5.74) is 4.63. The first-order chi connectivity index (χ1) is 20.5. The minimum absolute atomic E-state index is 0.106. The van der Waals surface area contributed by atoms with Crippen molar-refractivity contribution in [1.29, 1.82) is 0 Å². The lowest BCUT2D eigenvalue weighted by Gasteiger charge is -2.55. The van der Waals surface area contributed by atoms with Gasteiger partial charge in [0.05, 0.1) is 5.56 Å². The van der Waals surface area contributed by atoms with Crippen LogP contribution in [0.2, 0.25) is 0 Å². The topological polar surface area (TPSA) is 165 Å². The molecule has 6 N–H and O–H groups in total. The molecular formula is C34H47N3O7. The Morgan fingerprint density at radius 1 is 1.11 bits per heavy atom. The number of carbonyl (C=O) groups is 3. The van der Waals surface area contributed by atoms with Gasteiger partial charge in [-0.15, -0.1) is 0 Å². The second-order valence-electron chi connectivity index (χ2n) is 14.5. The molecule has 0 heterocycles. The number of aromatic hydroxyl groups is 1. The molecule has 6 atom stereocenters. The smallest absolute Gasteiger partial charge is 0.255 e. The molecule has 240 valence electrons. The molecule has 1 aromatic rings. The normalized spacial score (nSPS) is 30.0. The molecule has 10 nitrogen and oxygen atoms in total. The van der Waals surface area contributed by atoms with Gasteiger partial charge < -0.3 is 36.0 Å². The number of carbonyl (C=O) groups excluding carboxylic acids is 3. The van der Waals surface area contributed by atoms with E-state index in [1.165, 1.54) is 6.42 Å². The predicted molar refractivity (Wildman–Crippen MR) is 167 cm³/mol. The summed E-state index contributed by atoms with van der Waals surface area (Å²) in [6, 6.07) is 1.63. The Labute approximate surface area is 259 Å². The van der Waals surface area contributed by atoms with Crippen LogP contribution in [0.4, 0.5) is 5.69 Å². The quantitative estimate of drug-likeness (QED) is 0.277. The molecular weight excluding hydrogens is 562 g/mol. The van der Waals surface area contributed by atoms with Crippen LogP contribution in [0.3, 0.4) is 0 Å². The maximum atomic E-state index is 13.8. The molecule has 0 spiro atoms. The van der Waals surface area contributed by atoms with Gasteiger partial charge in [-0.1, -0.05) is 34.1 Å². The zero-order valence-corrected chi connectivity index (χ0v) is 26.9. The lowest BCUT2D eigenvalue weighted by molar-refractivity contribution is -0.147. The highest BCUT2D eigenvalue weighted by Gasteiger charge is 2.60. The zero-order chi connectivity index (χ0) is 32.6. The van der Waals surface area contributed by atoms with Crippen molar-refractivity contribution in [2.24, 2.45) is 40.7 Å². The second-order valence-corrected chi connectivity index (χ2v) is 14.5. The number of Topliss-reactive ketones (excluding diaryl/α,β-unsaturated/α-hetero) is 2. The highest BCUT2D eigenvalue weighted by atomic mass is 16.3. The number of nitrogens with two attached hydrogens (primary N) is 1. The van der Waals surface area contributed by atoms with Gasteiger partial charge >= 0.3 is 0 Å². The number of benzene rings is 1. The van der Waals surface area contributed by atoms with E-state index >= 15 is 0 Å². The molecule has 2 fully saturated rings. The largest absolute Gasteiger partial charge is 0.508 e. The van der Waals surface area contributed by atoms with Gasteiger partial charge in [0.1, 0.15) is 22.8 Å². The van der Waals surface area contributed by atoms with Crippen LogP contribution in [0.25, 0.3) is 5.76 Å². The van der Waals surface area contributed by atoms with Crippen molar-refractivity contribution in [3.05, 3.63) is 39.7 Å². The summed E-state index contributed by atoms with van der Waals surface area (Å²) in [4.78, 5) is 42.6. The monoisotopic (exact) mass is 609 g/mol. The van der Waals surface area contributed by atoms with Crippen molar-refractivity contribution in [2.45, 2.75) is 71.9 Å². The van der Waals surface area contributed by atoms with Gasteiger partial charge in [0.15, 0.2) is 11.4 Å². The number of aliphatic hydroxyl groups is 3. The summed E-state index contributed by atoms with van der Waals surface area (Å²) in [7, 11) is 5.89. The third-order valence-electron chi connectivity index (χ3n) is 11.5. The van der Waals surface area contributed by atoms with E-state index in [1.807, 2.05) is 19.0 Å². The molecule has 0 saturated heterocycles. The van der Waals surface area contributed by atoms with E-state index in [0.29, 0.717) is 35.3 Å². The van der Waals surface area contributed by atoms with Crippen LogP contribution >= 0.6 is 0 Å². The molecule has 1 amide bonds. The zero-order valence-electron chi connectivity index (χ0n) is 26.9. The van der Waals surface area contributed by atoms with Gasteiger partial charge in [0.2, 0.25) is 5.78 Å². The maximum Gasteiger partial charge on any atom is 0.255 e. The van der Waals surface area contributed by atoms with Gasteiger partial charge in [-0.3, -0.25) is 14.4 Å². The molecule has 10 heteroatoms. The average Bonchev–Trinajstić information content (AvgIpc) is 2.91. The minimum Gasteiger partial charge on any atom is -0.508 e. The number of hydrogen-bond donors (Lipinski definition) is 5. The highest BCUT2D eigenvalue weighted by Crippen LogP contribution is 2.56. The highest BCUT2D eigenvalue weighted by molar-refractivity contribution is 6.22. The number of rotatable bonds is 8. The summed E-state index contributed by atoms with van der Waals surface area (Å²) in [5, 5.41) is 45.1. The molecule has 2 saturated carbocycles. The van der Waals surface area contributed by atoms with Crippen molar-refractivity contribution in [3.8, 4) is 5.75 Å². The fourth-order valence-electron chi connectivity index (χ4n) is 8.71. The van der Waals surface area contributed by atoms with Gasteiger partial charge in [-0.05, 0) is 72.6 Å². The Morgan fingerprint density at radius 3 is 2.32 bits per heavy atom. The molecule has 0 radical (unpaired) electrons. The summed E-state index contributed by atoms with van der Waals surface area (Å²) < 4.78 is 0. The molecule has 3 unspecified atom stereocenters. The van der Waals surface area contributed by atoms with Crippen LogP contribution < -0.4 is 10.6 Å². The third-order valence-corrected chi connectivity index (χ3v) is 11.5. The Balaban J connectivity index is 1.52. The van der Waals surface area contributed by atoms with E-state index in [4.69, 9.17) is 5.73 Å². The number of ketones is 2. The Morgan fingerprint density at radius 2 is 1.77 bits per heavy atom. The van der Waals surface area contributed by atoms with Crippen molar-refractivity contribution >= 4 is 28.9 Å². The number of fused-ring (bicyclic) bond motifs is 3. The van der Waals surface area contributed by atoms with Crippen molar-refractivity contribution in [1.82, 2.24) is 4.90 Å². The first-order valence-electron chi connectivity index (χ1n) is 15.7. The number of hydrogen-bond acceptors (Lipinski definition) is 9. The second kappa shape index (κ2) is 10.9. The minimum atomic E-state index is -2.57. The van der Waals surface area contributed by atoms with E-state index in [-0.39, 0.29) is 36.1 Å². The number of aliphatic hydroxyl groups excluding tert-OH is 2. The average molecular weight is 610 g/mol.